The van der Waals surface area contributed by atoms with Crippen LogP contribution in [0.2, 0.25) is 0 Å². The second kappa shape index (κ2) is 2.99. The molecule has 0 radical (unpaired) electrons. The molecule has 2 aromatic rings. The molecule has 0 N–H and O–H groups in total. The van der Waals surface area contributed by atoms with Crippen molar-refractivity contribution in [1.82, 2.24) is 9.55 Å². The maximum atomic E-state index is 4.38. The second-order valence-electron chi connectivity index (χ2n) is 2.93. The molecule has 0 bridgehead atoms. The molecule has 0 fully saturated rings. The highest BCUT2D eigenvalue weighted by Gasteiger charge is 2.10. The number of hydrogen-bond acceptors (Lipinski definition) is 3. The molecule has 14 heavy (non-hydrogen) atoms. The zero-order valence-electron chi connectivity index (χ0n) is 7.29. The van der Waals surface area contributed by atoms with Crippen LogP contribution in [-0.2, 0) is 0 Å². The van der Waals surface area contributed by atoms with E-state index in [9.17, 15) is 0 Å². The number of imidazole rings is 1. The van der Waals surface area contributed by atoms with E-state index >= 15 is 0 Å². The number of aromatic nitrogens is 2. The van der Waals surface area contributed by atoms with Gasteiger partial charge in [-0.15, -0.1) is 0 Å². The lowest BCUT2D eigenvalue weighted by Crippen LogP contribution is -1.92. The zero-order valence-corrected chi connectivity index (χ0v) is 8.11. The number of hydrogen-bond donors (Lipinski definition) is 0. The Morgan fingerprint density at radius 2 is 2.14 bits per heavy atom. The highest BCUT2D eigenvalue weighted by atomic mass is 32.2. The van der Waals surface area contributed by atoms with Gasteiger partial charge in [-0.1, -0.05) is 12.1 Å². The second-order valence-corrected chi connectivity index (χ2v) is 3.94. The number of para-hydroxylation sites is 1. The molecular weight excluding hydrogens is 194 g/mol. The van der Waals surface area contributed by atoms with Crippen molar-refractivity contribution in [2.75, 3.05) is 0 Å². The lowest BCUT2D eigenvalue weighted by atomic mass is 10.3. The Morgan fingerprint density at radius 3 is 3.14 bits per heavy atom. The number of nitrogens with zero attached hydrogens (tertiary/aromatic N) is 3. The Balaban J connectivity index is 2.19. The average molecular weight is 201 g/mol. The van der Waals surface area contributed by atoms with Crippen LogP contribution in [0.1, 0.15) is 0 Å². The summed E-state index contributed by atoms with van der Waals surface area (Å²) in [5.74, 6) is 0. The molecule has 1 aliphatic rings. The van der Waals surface area contributed by atoms with Gasteiger partial charge in [0.1, 0.15) is 6.34 Å². The summed E-state index contributed by atoms with van der Waals surface area (Å²) in [5.41, 5.74) is 1.00. The summed E-state index contributed by atoms with van der Waals surface area (Å²) < 4.78 is 1.92. The molecule has 4 heteroatoms. The van der Waals surface area contributed by atoms with Crippen molar-refractivity contribution in [3.05, 3.63) is 36.7 Å². The van der Waals surface area contributed by atoms with Gasteiger partial charge in [0.15, 0.2) is 5.16 Å². The van der Waals surface area contributed by atoms with Crippen molar-refractivity contribution in [3.63, 3.8) is 0 Å². The molecule has 3 nitrogen and oxygen atoms in total. The Kier molecular flexibility index (Phi) is 1.67. The lowest BCUT2D eigenvalue weighted by molar-refractivity contribution is 0.965. The number of fused-ring (bicyclic) bond motifs is 2. The van der Waals surface area contributed by atoms with Crippen molar-refractivity contribution >= 4 is 23.8 Å². The van der Waals surface area contributed by atoms with Crippen molar-refractivity contribution < 1.29 is 0 Å². The Labute approximate surface area is 85.5 Å². The van der Waals surface area contributed by atoms with Crippen LogP contribution in [0.3, 0.4) is 0 Å². The van der Waals surface area contributed by atoms with Crippen LogP contribution in [0.25, 0.3) is 0 Å². The minimum atomic E-state index is 0.957. The molecule has 0 atom stereocenters. The summed E-state index contributed by atoms with van der Waals surface area (Å²) in [7, 11) is 0. The van der Waals surface area contributed by atoms with Gasteiger partial charge in [0, 0.05) is 17.3 Å². The summed E-state index contributed by atoms with van der Waals surface area (Å²) in [6, 6.07) is 8.07. The van der Waals surface area contributed by atoms with E-state index in [1.807, 2.05) is 29.0 Å². The third-order valence-electron chi connectivity index (χ3n) is 2.02. The Morgan fingerprint density at radius 1 is 1.21 bits per heavy atom. The molecule has 0 spiro atoms. The predicted molar refractivity (Wildman–Crippen MR) is 56.3 cm³/mol. The van der Waals surface area contributed by atoms with Gasteiger partial charge in [-0.05, 0) is 23.9 Å². The van der Waals surface area contributed by atoms with E-state index in [-0.39, 0.29) is 0 Å². The first kappa shape index (κ1) is 7.82. The summed E-state index contributed by atoms with van der Waals surface area (Å²) in [4.78, 5) is 9.77. The molecule has 2 heterocycles. The fourth-order valence-electron chi connectivity index (χ4n) is 1.34. The van der Waals surface area contributed by atoms with E-state index in [1.54, 1.807) is 24.3 Å². The number of benzene rings is 1. The van der Waals surface area contributed by atoms with E-state index in [1.165, 1.54) is 0 Å². The zero-order chi connectivity index (χ0) is 9.38. The monoisotopic (exact) mass is 201 g/mol. The minimum absolute atomic E-state index is 0.957. The number of rotatable bonds is 0. The van der Waals surface area contributed by atoms with Crippen LogP contribution in [0, 0.1) is 0 Å². The van der Waals surface area contributed by atoms with Crippen molar-refractivity contribution in [1.29, 1.82) is 0 Å². The van der Waals surface area contributed by atoms with Crippen LogP contribution >= 0.6 is 11.8 Å². The first-order chi connectivity index (χ1) is 6.93. The fraction of sp³-hybridized carbons (Fsp3) is 0. The fourth-order valence-corrected chi connectivity index (χ4v) is 2.23. The summed E-state index contributed by atoms with van der Waals surface area (Å²) >= 11 is 1.64. The van der Waals surface area contributed by atoms with Crippen LogP contribution in [0.4, 0.5) is 5.69 Å². The first-order valence-corrected chi connectivity index (χ1v) is 5.09. The van der Waals surface area contributed by atoms with Gasteiger partial charge in [-0.3, -0.25) is 4.57 Å². The largest absolute Gasteiger partial charge is 0.285 e. The maximum Gasteiger partial charge on any atom is 0.178 e. The van der Waals surface area contributed by atoms with Crippen LogP contribution < -0.4 is 0 Å². The van der Waals surface area contributed by atoms with Gasteiger partial charge in [0.2, 0.25) is 0 Å². The summed E-state index contributed by atoms with van der Waals surface area (Å²) in [5, 5.41) is 0.957. The predicted octanol–water partition coefficient (Wildman–Crippen LogP) is 2.56. The van der Waals surface area contributed by atoms with Crippen LogP contribution in [-0.4, -0.2) is 15.9 Å². The normalized spacial score (nSPS) is 13.1. The average Bonchev–Trinajstić information content (AvgIpc) is 2.58. The van der Waals surface area contributed by atoms with E-state index in [4.69, 9.17) is 0 Å². The van der Waals surface area contributed by atoms with Gasteiger partial charge in [0.25, 0.3) is 0 Å². The van der Waals surface area contributed by atoms with Gasteiger partial charge < -0.3 is 0 Å². The van der Waals surface area contributed by atoms with E-state index in [2.05, 4.69) is 16.0 Å². The maximum absolute atomic E-state index is 4.38. The third-order valence-corrected chi connectivity index (χ3v) is 3.08. The quantitative estimate of drug-likeness (QED) is 0.559. The van der Waals surface area contributed by atoms with E-state index < -0.39 is 0 Å². The smallest absolute Gasteiger partial charge is 0.178 e. The standard InChI is InChI=1S/C10H7N3S/c1-2-4-9-8(3-1)12-7-13-6-5-11-10(13)14-9/h1-7H. The van der Waals surface area contributed by atoms with Crippen LogP contribution in [0.5, 0.6) is 0 Å². The van der Waals surface area contributed by atoms with Crippen LogP contribution in [0.15, 0.2) is 51.7 Å². The molecule has 0 aliphatic carbocycles. The van der Waals surface area contributed by atoms with Gasteiger partial charge in [0.05, 0.1) is 5.69 Å². The number of aliphatic imine (C=N–C) groups is 1. The molecule has 0 amide bonds. The molecular formula is C10H7N3S. The molecule has 0 saturated carbocycles. The molecule has 68 valence electrons. The highest BCUT2D eigenvalue weighted by Crippen LogP contribution is 2.35. The SMILES string of the molecule is C1=Nc2ccccc2Sc2nccn21. The van der Waals surface area contributed by atoms with Crippen molar-refractivity contribution in [3.8, 4) is 0 Å². The molecule has 0 saturated heterocycles. The molecule has 1 aromatic carbocycles. The molecule has 0 unspecified atom stereocenters. The van der Waals surface area contributed by atoms with Gasteiger partial charge >= 0.3 is 0 Å². The van der Waals surface area contributed by atoms with Gasteiger partial charge in [-0.2, -0.15) is 0 Å². The highest BCUT2D eigenvalue weighted by molar-refractivity contribution is 7.99. The van der Waals surface area contributed by atoms with E-state index in [0.29, 0.717) is 0 Å². The van der Waals surface area contributed by atoms with E-state index in [0.717, 1.165) is 15.7 Å². The summed E-state index contributed by atoms with van der Waals surface area (Å²) in [6.07, 6.45) is 5.47. The van der Waals surface area contributed by atoms with Crippen molar-refractivity contribution in [2.45, 2.75) is 10.1 Å². The molecule has 1 aromatic heterocycles. The Bertz CT molecular complexity index is 502. The van der Waals surface area contributed by atoms with Gasteiger partial charge in [-0.25, -0.2) is 9.98 Å². The minimum Gasteiger partial charge on any atom is -0.285 e. The molecule has 1 aliphatic heterocycles. The summed E-state index contributed by atoms with van der Waals surface area (Å²) in [6.45, 7) is 0. The lowest BCUT2D eigenvalue weighted by Gasteiger charge is -1.99. The molecule has 3 rings (SSSR count). The third kappa shape index (κ3) is 1.15. The van der Waals surface area contributed by atoms with Crippen molar-refractivity contribution in [2.24, 2.45) is 4.99 Å². The first-order valence-electron chi connectivity index (χ1n) is 4.27. The Hall–Kier alpha value is -1.55. The topological polar surface area (TPSA) is 30.2 Å².